The van der Waals surface area contributed by atoms with Crippen LogP contribution in [0.1, 0.15) is 49.6 Å². The number of allylic oxidation sites excluding steroid dienone is 2. The molecule has 2 heterocycles. The van der Waals surface area contributed by atoms with Gasteiger partial charge in [-0.2, -0.15) is 0 Å². The van der Waals surface area contributed by atoms with Crippen molar-refractivity contribution in [2.24, 2.45) is 5.92 Å². The minimum absolute atomic E-state index is 0.0538. The molecule has 34 heavy (non-hydrogen) atoms. The molecule has 7 nitrogen and oxygen atoms in total. The second-order valence-electron chi connectivity index (χ2n) is 7.81. The fourth-order valence-corrected chi connectivity index (χ4v) is 3.07. The molecule has 1 aromatic carbocycles. The quantitative estimate of drug-likeness (QED) is 0.372. The van der Waals surface area contributed by atoms with Crippen LogP contribution in [0.25, 0.3) is 5.57 Å². The van der Waals surface area contributed by atoms with E-state index >= 15 is 0 Å². The van der Waals surface area contributed by atoms with E-state index in [1.54, 1.807) is 18.2 Å². The van der Waals surface area contributed by atoms with Gasteiger partial charge in [0.1, 0.15) is 11.6 Å². The number of hydrogen-bond acceptors (Lipinski definition) is 5. The van der Waals surface area contributed by atoms with E-state index in [1.807, 2.05) is 32.6 Å². The van der Waals surface area contributed by atoms with Crippen molar-refractivity contribution in [1.82, 2.24) is 19.8 Å². The molecule has 3 rings (SSSR count). The van der Waals surface area contributed by atoms with Crippen LogP contribution in [0.4, 0.5) is 4.39 Å². The molecule has 0 bridgehead atoms. The molecule has 1 aliphatic rings. The molecule has 0 radical (unpaired) electrons. The van der Waals surface area contributed by atoms with E-state index in [0.717, 1.165) is 31.8 Å². The zero-order valence-corrected chi connectivity index (χ0v) is 20.8. The summed E-state index contributed by atoms with van der Waals surface area (Å²) in [5.74, 6) is 0.412. The highest BCUT2D eigenvalue weighted by molar-refractivity contribution is 6.10. The Morgan fingerprint density at radius 3 is 2.24 bits per heavy atom. The molecule has 8 heteroatoms. The van der Waals surface area contributed by atoms with Gasteiger partial charge in [0.15, 0.2) is 6.29 Å². The molecule has 1 fully saturated rings. The Balaban J connectivity index is 0.000000374. The number of carbonyl (C=O) groups excluding carboxylic acids is 2. The van der Waals surface area contributed by atoms with Gasteiger partial charge in [-0.25, -0.2) is 9.37 Å². The first kappa shape index (κ1) is 28.6. The van der Waals surface area contributed by atoms with Crippen LogP contribution in [-0.2, 0) is 4.79 Å². The number of aromatic amines is 1. The van der Waals surface area contributed by atoms with Crippen LogP contribution >= 0.6 is 0 Å². The average molecular weight is 470 g/mol. The first-order chi connectivity index (χ1) is 16.2. The van der Waals surface area contributed by atoms with Gasteiger partial charge in [0.25, 0.3) is 0 Å². The number of likely N-dealkylation sites (N-methyl/N-ethyl adjacent to an activating group) is 1. The lowest BCUT2D eigenvalue weighted by Gasteiger charge is -2.31. The van der Waals surface area contributed by atoms with Crippen molar-refractivity contribution in [3.8, 4) is 0 Å². The smallest absolute Gasteiger partial charge is 0.246 e. The Labute approximate surface area is 201 Å². The van der Waals surface area contributed by atoms with Crippen molar-refractivity contribution in [2.45, 2.75) is 27.7 Å². The van der Waals surface area contributed by atoms with Gasteiger partial charge in [-0.1, -0.05) is 34.3 Å². The number of rotatable bonds is 6. The fourth-order valence-electron chi connectivity index (χ4n) is 3.07. The predicted octanol–water partition coefficient (Wildman–Crippen LogP) is 4.44. The second-order valence-corrected chi connectivity index (χ2v) is 7.81. The molecule has 0 unspecified atom stereocenters. The first-order valence-electron chi connectivity index (χ1n) is 11.4. The fraction of sp³-hybridized carbons (Fsp3) is 0.385. The number of halogens is 1. The lowest BCUT2D eigenvalue weighted by Crippen LogP contribution is -2.46. The topological polar surface area (TPSA) is 93.2 Å². The van der Waals surface area contributed by atoms with Gasteiger partial charge in [0.2, 0.25) is 5.91 Å². The van der Waals surface area contributed by atoms with Crippen LogP contribution in [0.2, 0.25) is 0 Å². The Hall–Kier alpha value is -3.39. The number of amides is 1. The highest BCUT2D eigenvalue weighted by Gasteiger charge is 2.16. The maximum atomic E-state index is 12.9. The van der Waals surface area contributed by atoms with Crippen molar-refractivity contribution < 1.29 is 14.0 Å². The van der Waals surface area contributed by atoms with E-state index in [2.05, 4.69) is 28.5 Å². The summed E-state index contributed by atoms with van der Waals surface area (Å²) in [5, 5.41) is 8.11. The lowest BCUT2D eigenvalue weighted by atomic mass is 9.98. The number of aldehydes is 1. The Morgan fingerprint density at radius 2 is 1.76 bits per heavy atom. The van der Waals surface area contributed by atoms with Crippen LogP contribution in [0, 0.1) is 17.1 Å². The zero-order chi connectivity index (χ0) is 25.7. The Morgan fingerprint density at radius 1 is 1.18 bits per heavy atom. The number of aromatic nitrogens is 2. The molecule has 1 aromatic heterocycles. The molecular formula is C26H36FN5O2. The molecule has 0 aliphatic carbocycles. The van der Waals surface area contributed by atoms with Crippen LogP contribution in [0.3, 0.4) is 0 Å². The van der Waals surface area contributed by atoms with Crippen LogP contribution < -0.4 is 0 Å². The third-order valence-electron chi connectivity index (χ3n) is 5.06. The highest BCUT2D eigenvalue weighted by Crippen LogP contribution is 2.21. The van der Waals surface area contributed by atoms with Crippen molar-refractivity contribution in [3.63, 3.8) is 0 Å². The first-order valence-corrected chi connectivity index (χ1v) is 11.4. The molecule has 2 N–H and O–H groups in total. The SMILES string of the molecule is C=CC(=O)N1CCN(C)CC1.CC.CC(C)/C(=C/C(=N)c1ccc(F)cc1)c1ncc(C=O)[nH]1. The van der Waals surface area contributed by atoms with Crippen molar-refractivity contribution >= 4 is 23.5 Å². The number of nitrogens with zero attached hydrogens (tertiary/aromatic N) is 3. The van der Waals surface area contributed by atoms with Gasteiger partial charge in [-0.3, -0.25) is 9.59 Å². The van der Waals surface area contributed by atoms with Gasteiger partial charge in [0.05, 0.1) is 17.6 Å². The van der Waals surface area contributed by atoms with E-state index < -0.39 is 0 Å². The van der Waals surface area contributed by atoms with Crippen LogP contribution in [0.5, 0.6) is 0 Å². The van der Waals surface area contributed by atoms with Gasteiger partial charge in [-0.05, 0) is 60.5 Å². The van der Waals surface area contributed by atoms with Crippen LogP contribution in [0.15, 0.2) is 49.2 Å². The van der Waals surface area contributed by atoms with Gasteiger partial charge >= 0.3 is 0 Å². The zero-order valence-electron chi connectivity index (χ0n) is 20.8. The molecule has 2 aromatic rings. The maximum Gasteiger partial charge on any atom is 0.246 e. The normalized spacial score (nSPS) is 13.9. The van der Waals surface area contributed by atoms with E-state index in [4.69, 9.17) is 5.41 Å². The number of H-pyrrole nitrogens is 1. The minimum atomic E-state index is -0.332. The number of benzene rings is 1. The van der Waals surface area contributed by atoms with Crippen molar-refractivity contribution in [2.75, 3.05) is 33.2 Å². The third-order valence-corrected chi connectivity index (χ3v) is 5.06. The van der Waals surface area contributed by atoms with Gasteiger partial charge in [0, 0.05) is 26.2 Å². The van der Waals surface area contributed by atoms with Crippen LogP contribution in [-0.4, -0.2) is 70.9 Å². The molecule has 184 valence electrons. The van der Waals surface area contributed by atoms with Crippen molar-refractivity contribution in [3.05, 3.63) is 72.1 Å². The number of nitrogens with one attached hydrogen (secondary N) is 2. The summed E-state index contributed by atoms with van der Waals surface area (Å²) in [6.45, 7) is 15.0. The summed E-state index contributed by atoms with van der Waals surface area (Å²) in [7, 11) is 2.07. The summed E-state index contributed by atoms with van der Waals surface area (Å²) in [6, 6.07) is 5.77. The molecule has 0 spiro atoms. The summed E-state index contributed by atoms with van der Waals surface area (Å²) in [6.07, 6.45) is 5.22. The lowest BCUT2D eigenvalue weighted by molar-refractivity contribution is -0.127. The standard InChI is InChI=1S/C16H16FN3O.C8H14N2O.C2H6/c1-10(2)14(16-19-8-13(9-21)20-16)7-15(18)11-3-5-12(17)6-4-11;1-3-8(11)10-6-4-9(2)5-7-10;1-2/h3-10,18H,1-2H3,(H,19,20);3H,1,4-7H2,2H3;1-2H3/b14-7-,18-15?;;. The van der Waals surface area contributed by atoms with E-state index in [1.165, 1.54) is 24.4 Å². The second kappa shape index (κ2) is 14.7. The predicted molar refractivity (Wildman–Crippen MR) is 136 cm³/mol. The van der Waals surface area contributed by atoms with Gasteiger partial charge in [-0.15, -0.1) is 0 Å². The Kier molecular flexibility index (Phi) is 12.4. The number of carbonyl (C=O) groups is 2. The molecule has 0 saturated carbocycles. The molecule has 1 aliphatic heterocycles. The molecule has 0 atom stereocenters. The van der Waals surface area contributed by atoms with E-state index in [-0.39, 0.29) is 23.4 Å². The monoisotopic (exact) mass is 469 g/mol. The molecule has 1 amide bonds. The minimum Gasteiger partial charge on any atom is -0.337 e. The largest absolute Gasteiger partial charge is 0.337 e. The number of hydrogen-bond donors (Lipinski definition) is 2. The summed E-state index contributed by atoms with van der Waals surface area (Å²) in [4.78, 5) is 32.9. The van der Waals surface area contributed by atoms with Crippen molar-refractivity contribution in [1.29, 1.82) is 5.41 Å². The summed E-state index contributed by atoms with van der Waals surface area (Å²) >= 11 is 0. The van der Waals surface area contributed by atoms with Gasteiger partial charge < -0.3 is 20.2 Å². The average Bonchev–Trinajstić information content (AvgIpc) is 3.33. The molecule has 1 saturated heterocycles. The maximum absolute atomic E-state index is 12.9. The van der Waals surface area contributed by atoms with E-state index in [9.17, 15) is 14.0 Å². The Bertz CT molecular complexity index is 971. The summed E-state index contributed by atoms with van der Waals surface area (Å²) < 4.78 is 12.9. The molecular weight excluding hydrogens is 433 g/mol. The number of piperazine rings is 1. The third kappa shape index (κ3) is 8.86. The highest BCUT2D eigenvalue weighted by atomic mass is 19.1. The van der Waals surface area contributed by atoms with E-state index in [0.29, 0.717) is 23.4 Å². The number of imidazole rings is 1. The summed E-state index contributed by atoms with van der Waals surface area (Å²) in [5.41, 5.74) is 2.10.